The zero-order valence-electron chi connectivity index (χ0n) is 24.8. The molecule has 4 heterocycles. The van der Waals surface area contributed by atoms with Gasteiger partial charge in [0.05, 0.1) is 79.1 Å². The molecule has 11 nitrogen and oxygen atoms in total. The molecule has 0 aliphatic heterocycles. The lowest BCUT2D eigenvalue weighted by atomic mass is 10.1. The number of hydrogen-bond acceptors (Lipinski definition) is 11. The van der Waals surface area contributed by atoms with Gasteiger partial charge in [-0.1, -0.05) is 46.4 Å². The molecule has 0 saturated heterocycles. The number of pyridine rings is 2. The predicted octanol–water partition coefficient (Wildman–Crippen LogP) is 8.57. The maximum absolute atomic E-state index is 14.8. The summed E-state index contributed by atoms with van der Waals surface area (Å²) >= 11 is 24.2. The Balaban J connectivity index is 0.000000229. The Kier molecular flexibility index (Phi) is 12.3. The number of nitrogens with zero attached hydrogens (tertiary/aromatic N) is 2. The van der Waals surface area contributed by atoms with Crippen LogP contribution in [0, 0.1) is 5.82 Å². The first kappa shape index (κ1) is 35.4. The third-order valence-electron chi connectivity index (χ3n) is 6.24. The van der Waals surface area contributed by atoms with Crippen molar-refractivity contribution in [2.75, 3.05) is 32.0 Å². The lowest BCUT2D eigenvalue weighted by Crippen LogP contribution is -2.09. The highest BCUT2D eigenvalue weighted by Crippen LogP contribution is 2.37. The lowest BCUT2D eigenvalue weighted by molar-refractivity contribution is 0.0585. The molecule has 0 atom stereocenters. The van der Waals surface area contributed by atoms with Gasteiger partial charge in [0.2, 0.25) is 0 Å². The third kappa shape index (κ3) is 8.66. The number of methoxy groups -OCH3 is 3. The number of halogens is 5. The average Bonchev–Trinajstić information content (AvgIpc) is 3.79. The Hall–Kier alpha value is -4.49. The molecule has 0 amide bonds. The summed E-state index contributed by atoms with van der Waals surface area (Å²) in [5.41, 5.74) is 0.897. The minimum atomic E-state index is -0.755. The van der Waals surface area contributed by atoms with Gasteiger partial charge in [-0.25, -0.2) is 23.9 Å². The van der Waals surface area contributed by atoms with E-state index in [-0.39, 0.29) is 48.6 Å². The van der Waals surface area contributed by atoms with Gasteiger partial charge in [-0.15, -0.1) is 0 Å². The van der Waals surface area contributed by atoms with E-state index < -0.39 is 17.8 Å². The molecule has 0 unspecified atom stereocenters. The SMILES string of the molecule is COC(=O)c1nc(-c2ccc(Cl)c(OC)c2F)cc(NCc2ccco2)c1Cl.COC(=O)c1nc(Cl)cc(NCc2ccco2)c1Cl. The van der Waals surface area contributed by atoms with E-state index in [1.807, 2.05) is 6.07 Å². The van der Waals surface area contributed by atoms with Gasteiger partial charge in [-0.2, -0.15) is 0 Å². The Bertz CT molecular complexity index is 1860. The summed E-state index contributed by atoms with van der Waals surface area (Å²) in [6, 6.07) is 13.1. The van der Waals surface area contributed by atoms with Crippen molar-refractivity contribution in [1.29, 1.82) is 0 Å². The van der Waals surface area contributed by atoms with Crippen LogP contribution in [0.15, 0.2) is 69.9 Å². The highest BCUT2D eigenvalue weighted by molar-refractivity contribution is 6.37. The molecule has 0 spiro atoms. The molecule has 0 saturated carbocycles. The molecule has 0 aliphatic carbocycles. The maximum atomic E-state index is 14.8. The van der Waals surface area contributed by atoms with Crippen LogP contribution >= 0.6 is 46.4 Å². The molecule has 0 radical (unpaired) electrons. The molecule has 246 valence electrons. The summed E-state index contributed by atoms with van der Waals surface area (Å²) < 4.78 is 39.6. The number of furan rings is 2. The summed E-state index contributed by atoms with van der Waals surface area (Å²) in [6.07, 6.45) is 3.10. The molecule has 47 heavy (non-hydrogen) atoms. The minimum Gasteiger partial charge on any atom is -0.492 e. The highest BCUT2D eigenvalue weighted by atomic mass is 35.5. The number of ether oxygens (including phenoxy) is 3. The molecule has 0 bridgehead atoms. The van der Waals surface area contributed by atoms with E-state index >= 15 is 0 Å². The number of rotatable bonds is 10. The van der Waals surface area contributed by atoms with Crippen molar-refractivity contribution in [2.45, 2.75) is 13.1 Å². The van der Waals surface area contributed by atoms with Gasteiger partial charge in [0.25, 0.3) is 0 Å². The molecular formula is C31H25Cl4FN4O7. The summed E-state index contributed by atoms with van der Waals surface area (Å²) in [5, 5.41) is 6.53. The number of esters is 2. The Morgan fingerprint density at radius 3 is 1.81 bits per heavy atom. The van der Waals surface area contributed by atoms with E-state index in [2.05, 4.69) is 25.3 Å². The molecule has 1 aromatic carbocycles. The van der Waals surface area contributed by atoms with E-state index in [0.29, 0.717) is 30.2 Å². The molecular weight excluding hydrogens is 701 g/mol. The second-order valence-electron chi connectivity index (χ2n) is 9.16. The molecule has 4 aromatic heterocycles. The van der Waals surface area contributed by atoms with Crippen LogP contribution in [-0.2, 0) is 22.6 Å². The van der Waals surface area contributed by atoms with Crippen molar-refractivity contribution >= 4 is 69.7 Å². The van der Waals surface area contributed by atoms with Crippen LogP contribution in [0.4, 0.5) is 15.8 Å². The summed E-state index contributed by atoms with van der Waals surface area (Å²) in [4.78, 5) is 31.6. The summed E-state index contributed by atoms with van der Waals surface area (Å²) in [7, 11) is 3.76. The Labute approximate surface area is 287 Å². The fourth-order valence-electron chi connectivity index (χ4n) is 4.00. The van der Waals surface area contributed by atoms with Gasteiger partial charge < -0.3 is 33.7 Å². The van der Waals surface area contributed by atoms with E-state index in [4.69, 9.17) is 64.7 Å². The maximum Gasteiger partial charge on any atom is 0.358 e. The lowest BCUT2D eigenvalue weighted by Gasteiger charge is -2.14. The predicted molar refractivity (Wildman–Crippen MR) is 175 cm³/mol. The first-order chi connectivity index (χ1) is 22.6. The minimum absolute atomic E-state index is 0.0291. The van der Waals surface area contributed by atoms with Crippen LogP contribution in [0.25, 0.3) is 11.3 Å². The number of aromatic nitrogens is 2. The van der Waals surface area contributed by atoms with Crippen LogP contribution in [0.3, 0.4) is 0 Å². The van der Waals surface area contributed by atoms with Crippen LogP contribution < -0.4 is 15.4 Å². The number of benzene rings is 1. The van der Waals surface area contributed by atoms with Crippen molar-refractivity contribution in [3.63, 3.8) is 0 Å². The number of carbonyl (C=O) groups is 2. The highest BCUT2D eigenvalue weighted by Gasteiger charge is 2.22. The van der Waals surface area contributed by atoms with Crippen molar-refractivity contribution in [3.8, 4) is 17.0 Å². The van der Waals surface area contributed by atoms with Crippen LogP contribution in [0.1, 0.15) is 32.5 Å². The van der Waals surface area contributed by atoms with Gasteiger partial charge in [0.15, 0.2) is 23.0 Å². The van der Waals surface area contributed by atoms with Crippen molar-refractivity contribution in [1.82, 2.24) is 9.97 Å². The fraction of sp³-hybridized carbons (Fsp3) is 0.161. The largest absolute Gasteiger partial charge is 0.492 e. The van der Waals surface area contributed by atoms with E-state index in [9.17, 15) is 14.0 Å². The van der Waals surface area contributed by atoms with Gasteiger partial charge in [-0.05, 0) is 42.5 Å². The number of anilines is 2. The molecule has 0 aliphatic rings. The van der Waals surface area contributed by atoms with Crippen LogP contribution in [0.2, 0.25) is 20.2 Å². The number of nitrogens with one attached hydrogen (secondary N) is 2. The average molecular weight is 726 g/mol. The molecule has 5 aromatic rings. The summed E-state index contributed by atoms with van der Waals surface area (Å²) in [6.45, 7) is 0.705. The fourth-order valence-corrected chi connectivity index (χ4v) is 4.89. The standard InChI is InChI=1S/C19H15Cl2FN2O4.C12H10Cl2N2O3/c1-26-18-12(20)6-5-11(16(18)22)13-8-14(23-9-10-4-3-7-28-10)15(21)17(24-13)19(25)27-2;1-18-12(17)11-10(14)8(5-9(13)16-11)15-6-7-3-2-4-19-7/h3-8H,9H2,1-2H3,(H,23,24);2-5H,6H2,1H3,(H,15,16). The van der Waals surface area contributed by atoms with Gasteiger partial charge >= 0.3 is 11.9 Å². The van der Waals surface area contributed by atoms with Gasteiger partial charge in [-0.3, -0.25) is 0 Å². The topological polar surface area (TPSA) is 138 Å². The van der Waals surface area contributed by atoms with Crippen molar-refractivity contribution in [2.24, 2.45) is 0 Å². The number of hydrogen-bond donors (Lipinski definition) is 2. The van der Waals surface area contributed by atoms with Crippen LogP contribution in [-0.4, -0.2) is 43.2 Å². The Morgan fingerprint density at radius 2 is 1.32 bits per heavy atom. The first-order valence-electron chi connectivity index (χ1n) is 13.4. The zero-order valence-corrected chi connectivity index (χ0v) is 27.9. The summed E-state index contributed by atoms with van der Waals surface area (Å²) in [5.74, 6) is -0.863. The third-order valence-corrected chi connectivity index (χ3v) is 7.49. The second kappa shape index (κ2) is 16.4. The van der Waals surface area contributed by atoms with Gasteiger partial charge in [0.1, 0.15) is 16.7 Å². The quantitative estimate of drug-likeness (QED) is 0.106. The molecule has 0 fully saturated rings. The van der Waals surface area contributed by atoms with E-state index in [1.165, 1.54) is 51.9 Å². The first-order valence-corrected chi connectivity index (χ1v) is 14.9. The van der Waals surface area contributed by atoms with Crippen molar-refractivity contribution < 1.29 is 37.0 Å². The molecule has 2 N–H and O–H groups in total. The second-order valence-corrected chi connectivity index (χ2v) is 10.7. The van der Waals surface area contributed by atoms with Crippen LogP contribution in [0.5, 0.6) is 5.75 Å². The molecule has 16 heteroatoms. The Morgan fingerprint density at radius 1 is 0.787 bits per heavy atom. The monoisotopic (exact) mass is 724 g/mol. The van der Waals surface area contributed by atoms with Crippen molar-refractivity contribution in [3.05, 3.63) is 110 Å². The molecule has 5 rings (SSSR count). The number of carbonyl (C=O) groups excluding carboxylic acids is 2. The smallest absolute Gasteiger partial charge is 0.358 e. The van der Waals surface area contributed by atoms with Gasteiger partial charge in [0, 0.05) is 11.6 Å². The van der Waals surface area contributed by atoms with E-state index in [0.717, 1.165) is 5.76 Å². The normalized spacial score (nSPS) is 10.5. The zero-order chi connectivity index (χ0) is 34.1. The van der Waals surface area contributed by atoms with E-state index in [1.54, 1.807) is 24.5 Å².